The molecule has 0 spiro atoms. The van der Waals surface area contributed by atoms with Gasteiger partial charge < -0.3 is 28.1 Å². The molecule has 9 nitrogen and oxygen atoms in total. The van der Waals surface area contributed by atoms with Gasteiger partial charge >= 0.3 is 17.9 Å². The lowest BCUT2D eigenvalue weighted by molar-refractivity contribution is -0.251. The van der Waals surface area contributed by atoms with Gasteiger partial charge in [-0.2, -0.15) is 0 Å². The van der Waals surface area contributed by atoms with Crippen molar-refractivity contribution in [2.45, 2.75) is 90.3 Å². The van der Waals surface area contributed by atoms with Crippen LogP contribution in [0.2, 0.25) is 0 Å². The fraction of sp³-hybridized carbons (Fsp3) is 0.553. The van der Waals surface area contributed by atoms with Crippen LogP contribution in [0.5, 0.6) is 0 Å². The molecule has 2 saturated heterocycles. The maximum Gasteiger partial charge on any atom is 0.331 e. The van der Waals surface area contributed by atoms with Gasteiger partial charge in [0.2, 0.25) is 0 Å². The van der Waals surface area contributed by atoms with Crippen LogP contribution in [0, 0.1) is 28.1 Å². The van der Waals surface area contributed by atoms with Crippen molar-refractivity contribution in [3.63, 3.8) is 0 Å². The Kier molecular flexibility index (Phi) is 7.79. The summed E-state index contributed by atoms with van der Waals surface area (Å²) in [4.78, 5) is 39.5. The van der Waals surface area contributed by atoms with E-state index < -0.39 is 40.4 Å². The maximum absolute atomic E-state index is 13.6. The van der Waals surface area contributed by atoms with Gasteiger partial charge in [0.15, 0.2) is 0 Å². The molecule has 7 rings (SSSR count). The standard InChI is InChI=1S/C38H44O9/c1-21-25(24-14-15-43-19-24)16-26-32(21)38(5)27(17-31(41)42-6)37(4)29(47-30(40)13-12-23-10-8-7-9-11-23)18-28(45-22(2)39)36(3)20-44-33(34(36)37)35(38)46-26/h7-15,19,25-29,33-35H,16-18,20H2,1-6H3/t25-,26-,27-,28-,29+,33-,34?,35-,36-,37+,38-/m1/s1. The number of furan rings is 1. The average Bonchev–Trinajstić information content (AvgIpc) is 3.82. The van der Waals surface area contributed by atoms with Gasteiger partial charge in [-0.25, -0.2) is 4.79 Å². The van der Waals surface area contributed by atoms with Crippen LogP contribution in [-0.4, -0.2) is 62.1 Å². The van der Waals surface area contributed by atoms with Crippen molar-refractivity contribution >= 4 is 24.0 Å². The molecule has 4 fully saturated rings. The topological polar surface area (TPSA) is 111 Å². The number of ether oxygens (including phenoxy) is 5. The quantitative estimate of drug-likeness (QED) is 0.154. The number of hydrogen-bond acceptors (Lipinski definition) is 9. The first-order valence-corrected chi connectivity index (χ1v) is 16.6. The Morgan fingerprint density at radius 2 is 1.79 bits per heavy atom. The number of esters is 3. The van der Waals surface area contributed by atoms with Gasteiger partial charge in [0, 0.05) is 53.9 Å². The molecule has 0 N–H and O–H groups in total. The number of fused-ring (bicyclic) bond motifs is 4. The number of rotatable bonds is 7. The molecule has 1 aromatic heterocycles. The van der Waals surface area contributed by atoms with Gasteiger partial charge in [-0.3, -0.25) is 9.59 Å². The van der Waals surface area contributed by atoms with Crippen LogP contribution in [0.3, 0.4) is 0 Å². The molecule has 1 unspecified atom stereocenters. The monoisotopic (exact) mass is 644 g/mol. The van der Waals surface area contributed by atoms with E-state index in [2.05, 4.69) is 27.7 Å². The molecule has 47 heavy (non-hydrogen) atoms. The Hall–Kier alpha value is -3.69. The van der Waals surface area contributed by atoms with Gasteiger partial charge in [0.25, 0.3) is 0 Å². The largest absolute Gasteiger partial charge is 0.472 e. The molecule has 3 heterocycles. The van der Waals surface area contributed by atoms with E-state index in [1.165, 1.54) is 31.3 Å². The third-order valence-electron chi connectivity index (χ3n) is 12.5. The van der Waals surface area contributed by atoms with E-state index in [0.29, 0.717) is 6.61 Å². The molecule has 250 valence electrons. The van der Waals surface area contributed by atoms with Crippen molar-refractivity contribution in [1.29, 1.82) is 0 Å². The van der Waals surface area contributed by atoms with E-state index >= 15 is 0 Å². The summed E-state index contributed by atoms with van der Waals surface area (Å²) in [5.41, 5.74) is 2.36. The summed E-state index contributed by atoms with van der Waals surface area (Å²) in [6.07, 6.45) is 5.65. The summed E-state index contributed by atoms with van der Waals surface area (Å²) in [5.74, 6) is -1.70. The zero-order valence-corrected chi connectivity index (χ0v) is 27.9. The maximum atomic E-state index is 13.6. The molecule has 2 aliphatic heterocycles. The molecule has 1 aromatic carbocycles. The van der Waals surface area contributed by atoms with Gasteiger partial charge in [-0.15, -0.1) is 0 Å². The van der Waals surface area contributed by atoms with Gasteiger partial charge in [0.05, 0.1) is 44.6 Å². The number of methoxy groups -OCH3 is 1. The normalized spacial score (nSPS) is 40.1. The highest BCUT2D eigenvalue weighted by Gasteiger charge is 2.78. The fourth-order valence-electron chi connectivity index (χ4n) is 10.6. The first kappa shape index (κ1) is 31.9. The third kappa shape index (κ3) is 4.75. The van der Waals surface area contributed by atoms with Crippen LogP contribution in [0.4, 0.5) is 0 Å². The SMILES string of the molecule is COC(=O)C[C@H]1[C@]2(C)C3=C(C)[C@H](c4ccoc4)C[C@H]3O[C@@H]2[C@@H]2OC[C@@]3(C)C2[C@]1(C)[C@@H](OC(=O)C=Cc1ccccc1)C[C@H]3OC(C)=O. The van der Waals surface area contributed by atoms with Crippen molar-refractivity contribution in [2.75, 3.05) is 13.7 Å². The predicted octanol–water partition coefficient (Wildman–Crippen LogP) is 6.04. The first-order valence-electron chi connectivity index (χ1n) is 16.6. The van der Waals surface area contributed by atoms with Crippen LogP contribution in [-0.2, 0) is 38.1 Å². The van der Waals surface area contributed by atoms with Crippen LogP contribution >= 0.6 is 0 Å². The molecule has 0 amide bonds. The second-order valence-corrected chi connectivity index (χ2v) is 14.7. The molecule has 11 atom stereocenters. The molecule has 9 heteroatoms. The Morgan fingerprint density at radius 3 is 2.47 bits per heavy atom. The van der Waals surface area contributed by atoms with Crippen molar-refractivity contribution in [3.8, 4) is 0 Å². The van der Waals surface area contributed by atoms with Crippen molar-refractivity contribution < 1.29 is 42.5 Å². The van der Waals surface area contributed by atoms with E-state index in [4.69, 9.17) is 28.1 Å². The van der Waals surface area contributed by atoms with Gasteiger partial charge in [-0.1, -0.05) is 56.7 Å². The number of carbonyl (C=O) groups excluding carboxylic acids is 3. The van der Waals surface area contributed by atoms with Crippen LogP contribution in [0.1, 0.15) is 70.9 Å². The summed E-state index contributed by atoms with van der Waals surface area (Å²) in [7, 11) is 1.41. The summed E-state index contributed by atoms with van der Waals surface area (Å²) in [5, 5.41) is 0. The molecule has 2 saturated carbocycles. The van der Waals surface area contributed by atoms with Crippen molar-refractivity contribution in [3.05, 3.63) is 77.3 Å². The second kappa shape index (κ2) is 11.5. The fourth-order valence-corrected chi connectivity index (χ4v) is 10.6. The molecule has 5 aliphatic rings. The summed E-state index contributed by atoms with van der Waals surface area (Å²) in [6, 6.07) is 11.5. The zero-order chi connectivity index (χ0) is 33.3. The van der Waals surface area contributed by atoms with E-state index in [9.17, 15) is 14.4 Å². The summed E-state index contributed by atoms with van der Waals surface area (Å²) >= 11 is 0. The van der Waals surface area contributed by atoms with Crippen LogP contribution in [0.25, 0.3) is 6.08 Å². The average molecular weight is 645 g/mol. The van der Waals surface area contributed by atoms with E-state index in [1.54, 1.807) is 18.6 Å². The highest BCUT2D eigenvalue weighted by molar-refractivity contribution is 5.87. The van der Waals surface area contributed by atoms with Crippen LogP contribution < -0.4 is 0 Å². The van der Waals surface area contributed by atoms with Crippen molar-refractivity contribution in [1.82, 2.24) is 0 Å². The van der Waals surface area contributed by atoms with Gasteiger partial charge in [0.1, 0.15) is 12.2 Å². The Bertz CT molecular complexity index is 1610. The third-order valence-corrected chi connectivity index (χ3v) is 12.5. The molecule has 2 aromatic rings. The van der Waals surface area contributed by atoms with E-state index in [0.717, 1.165) is 17.5 Å². The smallest absolute Gasteiger partial charge is 0.331 e. The predicted molar refractivity (Wildman–Crippen MR) is 171 cm³/mol. The lowest BCUT2D eigenvalue weighted by Crippen LogP contribution is -2.71. The second-order valence-electron chi connectivity index (χ2n) is 14.7. The zero-order valence-electron chi connectivity index (χ0n) is 27.9. The Morgan fingerprint density at radius 1 is 1.02 bits per heavy atom. The molecule has 0 radical (unpaired) electrons. The van der Waals surface area contributed by atoms with Gasteiger partial charge in [-0.05, 0) is 48.1 Å². The Labute approximate surface area is 275 Å². The lowest BCUT2D eigenvalue weighted by atomic mass is 9.40. The molecular formula is C38H44O9. The van der Waals surface area contributed by atoms with E-state index in [-0.39, 0.29) is 54.9 Å². The lowest BCUT2D eigenvalue weighted by Gasteiger charge is -2.65. The van der Waals surface area contributed by atoms with Crippen molar-refractivity contribution in [2.24, 2.45) is 28.1 Å². The minimum atomic E-state index is -0.776. The Balaban J connectivity index is 1.36. The number of allylic oxidation sites excluding steroid dienone is 1. The molecule has 0 bridgehead atoms. The summed E-state index contributed by atoms with van der Waals surface area (Å²) < 4.78 is 37.0. The van der Waals surface area contributed by atoms with E-state index in [1.807, 2.05) is 36.4 Å². The highest BCUT2D eigenvalue weighted by atomic mass is 16.6. The molecule has 3 aliphatic carbocycles. The van der Waals surface area contributed by atoms with Crippen LogP contribution in [0.15, 0.2) is 70.6 Å². The first-order chi connectivity index (χ1) is 22.4. The number of carbonyl (C=O) groups is 3. The number of hydrogen-bond donors (Lipinski definition) is 0. The summed E-state index contributed by atoms with van der Waals surface area (Å²) in [6.45, 7) is 10.4. The number of benzene rings is 1. The minimum absolute atomic E-state index is 0.106. The minimum Gasteiger partial charge on any atom is -0.472 e. The molecular weight excluding hydrogens is 600 g/mol. The highest BCUT2D eigenvalue weighted by Crippen LogP contribution is 2.74.